The van der Waals surface area contributed by atoms with Gasteiger partial charge in [-0.1, -0.05) is 6.92 Å². The molecule has 4 aliphatic carbocycles. The van der Waals surface area contributed by atoms with Gasteiger partial charge in [-0.05, 0) is 48.8 Å². The van der Waals surface area contributed by atoms with Gasteiger partial charge in [0.05, 0.1) is 36.7 Å². The van der Waals surface area contributed by atoms with E-state index >= 15 is 0 Å². The fourth-order valence-electron chi connectivity index (χ4n) is 6.14. The van der Waals surface area contributed by atoms with Crippen LogP contribution in [0.2, 0.25) is 0 Å². The lowest BCUT2D eigenvalue weighted by atomic mass is 9.76. The Balaban J connectivity index is 1.53. The number of fused-ring (bicyclic) bond motifs is 6. The molecule has 0 saturated heterocycles. The molecule has 0 saturated carbocycles. The molecule has 3 atom stereocenters. The van der Waals surface area contributed by atoms with Gasteiger partial charge in [-0.2, -0.15) is 0 Å². The van der Waals surface area contributed by atoms with Gasteiger partial charge in [-0.15, -0.1) is 0 Å². The Bertz CT molecular complexity index is 1340. The molecule has 0 aliphatic heterocycles. The van der Waals surface area contributed by atoms with E-state index in [1.165, 1.54) is 26.4 Å². The van der Waals surface area contributed by atoms with E-state index in [0.717, 1.165) is 29.7 Å². The summed E-state index contributed by atoms with van der Waals surface area (Å²) in [4.78, 5) is 45.3. The second-order valence-corrected chi connectivity index (χ2v) is 9.34. The number of nitrogens with one attached hydrogen (secondary N) is 2. The maximum absolute atomic E-state index is 13.2. The Hall–Kier alpha value is -3.39. The highest BCUT2D eigenvalue weighted by molar-refractivity contribution is 6.24. The number of ketones is 3. The predicted molar refractivity (Wildman–Crippen MR) is 116 cm³/mol. The van der Waals surface area contributed by atoms with Crippen molar-refractivity contribution in [3.63, 3.8) is 0 Å². The lowest BCUT2D eigenvalue weighted by Gasteiger charge is -2.35. The summed E-state index contributed by atoms with van der Waals surface area (Å²) in [5.41, 5.74) is 3.28. The normalized spacial score (nSPS) is 27.6. The maximum Gasteiger partial charge on any atom is 0.230 e. The van der Waals surface area contributed by atoms with Crippen molar-refractivity contribution in [2.24, 2.45) is 0 Å². The number of allylic oxidation sites excluding steroid dienone is 3. The number of methoxy groups -OCH3 is 2. The summed E-state index contributed by atoms with van der Waals surface area (Å²) in [5, 5.41) is 12.2. The second-order valence-electron chi connectivity index (χ2n) is 9.34. The summed E-state index contributed by atoms with van der Waals surface area (Å²) in [6.45, 7) is 2.10. The lowest BCUT2D eigenvalue weighted by Crippen LogP contribution is -2.37. The molecule has 2 heterocycles. The number of aromatic amines is 2. The number of H-pyrrole nitrogens is 2. The first-order chi connectivity index (χ1) is 15.8. The monoisotopic (exact) mass is 448 g/mol. The van der Waals surface area contributed by atoms with Crippen LogP contribution in [0.1, 0.15) is 91.0 Å². The average molecular weight is 448 g/mol. The van der Waals surface area contributed by atoms with Gasteiger partial charge in [-0.25, -0.2) is 0 Å². The zero-order valence-electron chi connectivity index (χ0n) is 18.6. The van der Waals surface area contributed by atoms with Crippen molar-refractivity contribution in [2.45, 2.75) is 50.0 Å². The number of hydrogen-bond acceptors (Lipinski definition) is 6. The standard InChI is InChI=1S/C25H24N2O6/c1-10-4-5-12-18-23(30)16(33-3)9-25(31,24(18)27-19(10)12)13-7-6-11-17-21(26-20(11)13)14(28)8-15(32-2)22(17)29/h8-10,13,26-27,31H,4-7H2,1-3H3. The van der Waals surface area contributed by atoms with E-state index in [2.05, 4.69) is 16.9 Å². The van der Waals surface area contributed by atoms with E-state index < -0.39 is 11.5 Å². The molecule has 0 aromatic carbocycles. The smallest absolute Gasteiger partial charge is 0.230 e. The van der Waals surface area contributed by atoms with Crippen LogP contribution in [0.25, 0.3) is 0 Å². The Morgan fingerprint density at radius 2 is 1.61 bits per heavy atom. The van der Waals surface area contributed by atoms with Crippen molar-refractivity contribution in [1.82, 2.24) is 9.97 Å². The number of aromatic nitrogens is 2. The first-order valence-electron chi connectivity index (χ1n) is 11.2. The van der Waals surface area contributed by atoms with Crippen LogP contribution in [0, 0.1) is 0 Å². The predicted octanol–water partition coefficient (Wildman–Crippen LogP) is 2.95. The van der Waals surface area contributed by atoms with Crippen molar-refractivity contribution in [2.75, 3.05) is 14.2 Å². The van der Waals surface area contributed by atoms with Crippen LogP contribution < -0.4 is 0 Å². The molecule has 4 aliphatic rings. The SMILES string of the molecule is COC1=CC(=O)c2[nH]c3c(c2C1=O)CCC3C1(O)C=C(OC)C(=O)c2c1[nH]c1c2CCC1C. The molecule has 6 rings (SSSR count). The van der Waals surface area contributed by atoms with Crippen molar-refractivity contribution in [3.05, 3.63) is 68.7 Å². The van der Waals surface area contributed by atoms with Gasteiger partial charge in [0.1, 0.15) is 5.60 Å². The number of Topliss-reactive ketones (excluding diaryl/α,β-unsaturated/α-hetero) is 2. The molecule has 8 nitrogen and oxygen atoms in total. The highest BCUT2D eigenvalue weighted by atomic mass is 16.5. The van der Waals surface area contributed by atoms with Crippen molar-refractivity contribution in [1.29, 1.82) is 0 Å². The van der Waals surface area contributed by atoms with Gasteiger partial charge in [0.15, 0.2) is 11.5 Å². The van der Waals surface area contributed by atoms with Gasteiger partial charge >= 0.3 is 0 Å². The highest BCUT2D eigenvalue weighted by Gasteiger charge is 2.52. The number of rotatable bonds is 3. The molecule has 2 aromatic heterocycles. The number of carbonyl (C=O) groups excluding carboxylic acids is 3. The minimum atomic E-state index is -1.55. The van der Waals surface area contributed by atoms with Gasteiger partial charge in [0.25, 0.3) is 0 Å². The van der Waals surface area contributed by atoms with Crippen molar-refractivity contribution >= 4 is 17.3 Å². The second kappa shape index (κ2) is 6.57. The van der Waals surface area contributed by atoms with Gasteiger partial charge < -0.3 is 24.5 Å². The number of hydrogen-bond donors (Lipinski definition) is 3. The number of carbonyl (C=O) groups is 3. The quantitative estimate of drug-likeness (QED) is 0.664. The summed E-state index contributed by atoms with van der Waals surface area (Å²) in [6, 6.07) is 0. The highest BCUT2D eigenvalue weighted by Crippen LogP contribution is 2.53. The Morgan fingerprint density at radius 1 is 0.939 bits per heavy atom. The molecule has 0 amide bonds. The molecule has 8 heteroatoms. The molecule has 170 valence electrons. The van der Waals surface area contributed by atoms with Crippen molar-refractivity contribution in [3.8, 4) is 0 Å². The topological polar surface area (TPSA) is 121 Å². The molecule has 0 bridgehead atoms. The number of ether oxygens (including phenoxy) is 2. The fraction of sp³-hybridized carbons (Fsp3) is 0.400. The van der Waals surface area contributed by atoms with Gasteiger partial charge in [0, 0.05) is 23.4 Å². The zero-order valence-corrected chi connectivity index (χ0v) is 18.6. The van der Waals surface area contributed by atoms with Gasteiger partial charge in [-0.3, -0.25) is 14.4 Å². The third-order valence-electron chi connectivity index (χ3n) is 7.76. The van der Waals surface area contributed by atoms with Crippen LogP contribution in [0.5, 0.6) is 0 Å². The molecule has 2 aromatic rings. The van der Waals surface area contributed by atoms with E-state index in [-0.39, 0.29) is 40.5 Å². The molecule has 33 heavy (non-hydrogen) atoms. The van der Waals surface area contributed by atoms with Crippen LogP contribution in [-0.2, 0) is 27.9 Å². The third kappa shape index (κ3) is 2.41. The Morgan fingerprint density at radius 3 is 2.33 bits per heavy atom. The third-order valence-corrected chi connectivity index (χ3v) is 7.76. The van der Waals surface area contributed by atoms with E-state index in [4.69, 9.17) is 9.47 Å². The molecule has 3 unspecified atom stereocenters. The van der Waals surface area contributed by atoms with Gasteiger partial charge in [0.2, 0.25) is 17.3 Å². The van der Waals surface area contributed by atoms with E-state index in [1.54, 1.807) is 0 Å². The van der Waals surface area contributed by atoms with Crippen LogP contribution >= 0.6 is 0 Å². The van der Waals surface area contributed by atoms with Crippen molar-refractivity contribution < 1.29 is 29.0 Å². The Labute approximate surface area is 189 Å². The minimum absolute atomic E-state index is 0.0124. The summed E-state index contributed by atoms with van der Waals surface area (Å²) in [5.74, 6) is -1.01. The summed E-state index contributed by atoms with van der Waals surface area (Å²) >= 11 is 0. The largest absolute Gasteiger partial charge is 0.493 e. The molecule has 0 spiro atoms. The molecule has 0 fully saturated rings. The lowest BCUT2D eigenvalue weighted by molar-refractivity contribution is 0.0416. The van der Waals surface area contributed by atoms with E-state index in [1.807, 2.05) is 0 Å². The minimum Gasteiger partial charge on any atom is -0.493 e. The first kappa shape index (κ1) is 20.2. The first-order valence-corrected chi connectivity index (χ1v) is 11.2. The average Bonchev–Trinajstić information content (AvgIpc) is 3.54. The van der Waals surface area contributed by atoms with E-state index in [9.17, 15) is 19.5 Å². The van der Waals surface area contributed by atoms with Crippen LogP contribution in [0.4, 0.5) is 0 Å². The summed E-state index contributed by atoms with van der Waals surface area (Å²) < 4.78 is 10.5. The molecule has 3 N–H and O–H groups in total. The van der Waals surface area contributed by atoms with Crippen LogP contribution in [0.3, 0.4) is 0 Å². The fourth-order valence-corrected chi connectivity index (χ4v) is 6.14. The number of aliphatic hydroxyl groups is 1. The van der Waals surface area contributed by atoms with E-state index in [0.29, 0.717) is 35.4 Å². The summed E-state index contributed by atoms with van der Waals surface area (Å²) in [6.07, 6.45) is 5.44. The van der Waals surface area contributed by atoms with Crippen LogP contribution in [0.15, 0.2) is 23.7 Å². The maximum atomic E-state index is 13.2. The molecular weight excluding hydrogens is 424 g/mol. The molecular formula is C25H24N2O6. The summed E-state index contributed by atoms with van der Waals surface area (Å²) in [7, 11) is 2.79. The van der Waals surface area contributed by atoms with Crippen LogP contribution in [-0.4, -0.2) is 46.6 Å². The molecule has 0 radical (unpaired) electrons. The Kier molecular flexibility index (Phi) is 4.03. The zero-order chi connectivity index (χ0) is 23.2.